The van der Waals surface area contributed by atoms with Crippen molar-refractivity contribution >= 4 is 47.4 Å². The summed E-state index contributed by atoms with van der Waals surface area (Å²) in [7, 11) is 1.47. The first kappa shape index (κ1) is 24.7. The number of hydrogen-bond donors (Lipinski definition) is 3. The summed E-state index contributed by atoms with van der Waals surface area (Å²) in [5.41, 5.74) is 0. The summed E-state index contributed by atoms with van der Waals surface area (Å²) in [6.07, 6.45) is 11.1. The predicted molar refractivity (Wildman–Crippen MR) is 95.1 cm³/mol. The molecule has 0 aliphatic heterocycles. The van der Waals surface area contributed by atoms with Crippen molar-refractivity contribution in [1.29, 1.82) is 5.41 Å². The third-order valence-electron chi connectivity index (χ3n) is 3.52. The molecule has 0 rings (SSSR count). The fourth-order valence-electron chi connectivity index (χ4n) is 2.17. The van der Waals surface area contributed by atoms with Crippen LogP contribution in [0, 0.1) is 5.41 Å². The van der Waals surface area contributed by atoms with Gasteiger partial charge in [-0.2, -0.15) is 0 Å². The third kappa shape index (κ3) is 16.1. The number of nitrogens with one attached hydrogen (secondary N) is 2. The SMILES string of the molecule is CCCCCCCCCCCC(=O)NC(=N)N(C)CC(=O)O.[NaH]. The number of nitrogens with zero attached hydrogens (tertiary/aromatic N) is 1. The number of unbranched alkanes of at least 4 members (excludes halogenated alkanes) is 8. The van der Waals surface area contributed by atoms with E-state index in [0.29, 0.717) is 6.42 Å². The average molecular weight is 337 g/mol. The number of carboxylic acid groups (broad SMARTS) is 1. The van der Waals surface area contributed by atoms with Crippen LogP contribution in [-0.2, 0) is 9.59 Å². The number of likely N-dealkylation sites (N-methyl/N-ethyl adjacent to an activating group) is 1. The first-order chi connectivity index (χ1) is 10.5. The monoisotopic (exact) mass is 337 g/mol. The van der Waals surface area contributed by atoms with E-state index in [0.717, 1.165) is 19.3 Å². The topological polar surface area (TPSA) is 93.5 Å². The number of carbonyl (C=O) groups is 2. The van der Waals surface area contributed by atoms with Gasteiger partial charge in [0, 0.05) is 13.5 Å². The Morgan fingerprint density at radius 2 is 1.48 bits per heavy atom. The summed E-state index contributed by atoms with van der Waals surface area (Å²) in [5.74, 6) is -1.41. The number of hydrogen-bond acceptors (Lipinski definition) is 3. The second kappa shape index (κ2) is 16.3. The number of rotatable bonds is 12. The van der Waals surface area contributed by atoms with Gasteiger partial charge in [-0.15, -0.1) is 0 Å². The molecule has 0 aromatic heterocycles. The van der Waals surface area contributed by atoms with Gasteiger partial charge in [-0.25, -0.2) is 0 Å². The van der Waals surface area contributed by atoms with E-state index in [1.165, 1.54) is 50.5 Å². The van der Waals surface area contributed by atoms with Gasteiger partial charge in [-0.1, -0.05) is 58.3 Å². The molecule has 130 valence electrons. The molecule has 6 nitrogen and oxygen atoms in total. The number of guanidine groups is 1. The van der Waals surface area contributed by atoms with E-state index in [9.17, 15) is 9.59 Å². The van der Waals surface area contributed by atoms with Gasteiger partial charge < -0.3 is 10.0 Å². The molecule has 0 unspecified atom stereocenters. The van der Waals surface area contributed by atoms with Gasteiger partial charge in [-0.05, 0) is 6.42 Å². The summed E-state index contributed by atoms with van der Waals surface area (Å²) < 4.78 is 0. The molecule has 0 saturated carbocycles. The van der Waals surface area contributed by atoms with Crippen molar-refractivity contribution in [2.45, 2.75) is 71.1 Å². The molecule has 23 heavy (non-hydrogen) atoms. The standard InChI is InChI=1S/C16H31N3O3.Na.H/c1-3-4-5-6-7-8-9-10-11-12-14(20)18-16(17)19(2)13-15(21)22;;/h3-13H2,1-2H3,(H,21,22)(H2,17,18,20);;. The molecule has 0 spiro atoms. The van der Waals surface area contributed by atoms with E-state index in [-0.39, 0.29) is 48.0 Å². The Labute approximate surface area is 162 Å². The molecule has 0 fully saturated rings. The first-order valence-electron chi connectivity index (χ1n) is 8.28. The Morgan fingerprint density at radius 3 is 1.96 bits per heavy atom. The summed E-state index contributed by atoms with van der Waals surface area (Å²) in [6, 6.07) is 0. The Balaban J connectivity index is 0. The number of carbonyl (C=O) groups excluding carboxylic acids is 1. The molecule has 0 heterocycles. The van der Waals surface area contributed by atoms with E-state index < -0.39 is 5.97 Å². The molecule has 7 heteroatoms. The Bertz CT molecular complexity index is 351. The van der Waals surface area contributed by atoms with E-state index >= 15 is 0 Å². The van der Waals surface area contributed by atoms with Gasteiger partial charge in [0.25, 0.3) is 0 Å². The van der Waals surface area contributed by atoms with Crippen molar-refractivity contribution in [2.75, 3.05) is 13.6 Å². The fraction of sp³-hybridized carbons (Fsp3) is 0.812. The average Bonchev–Trinajstić information content (AvgIpc) is 2.44. The molecule has 0 aliphatic carbocycles. The van der Waals surface area contributed by atoms with Crippen LogP contribution in [-0.4, -0.2) is 71.0 Å². The Hall–Kier alpha value is -0.590. The fourth-order valence-corrected chi connectivity index (χ4v) is 2.17. The van der Waals surface area contributed by atoms with E-state index in [1.54, 1.807) is 0 Å². The van der Waals surface area contributed by atoms with Crippen molar-refractivity contribution < 1.29 is 14.7 Å². The van der Waals surface area contributed by atoms with Crippen LogP contribution in [0.5, 0.6) is 0 Å². The Kier molecular flexibility index (Phi) is 17.4. The molecule has 0 aliphatic rings. The van der Waals surface area contributed by atoms with Crippen molar-refractivity contribution in [3.8, 4) is 0 Å². The molecule has 0 radical (unpaired) electrons. The predicted octanol–water partition coefficient (Wildman–Crippen LogP) is 2.33. The number of aliphatic carboxylic acids is 1. The molecule has 3 N–H and O–H groups in total. The number of amides is 1. The summed E-state index contributed by atoms with van der Waals surface area (Å²) >= 11 is 0. The van der Waals surface area contributed by atoms with Gasteiger partial charge in [0.1, 0.15) is 6.54 Å². The quantitative estimate of drug-likeness (QED) is 0.220. The molecule has 0 bridgehead atoms. The van der Waals surface area contributed by atoms with Crippen LogP contribution in [0.3, 0.4) is 0 Å². The molecule has 0 saturated heterocycles. The maximum atomic E-state index is 11.6. The van der Waals surface area contributed by atoms with Crippen molar-refractivity contribution in [3.05, 3.63) is 0 Å². The van der Waals surface area contributed by atoms with Crippen LogP contribution in [0.15, 0.2) is 0 Å². The van der Waals surface area contributed by atoms with Gasteiger partial charge in [-0.3, -0.25) is 20.3 Å². The van der Waals surface area contributed by atoms with Gasteiger partial charge in [0.05, 0.1) is 0 Å². The van der Waals surface area contributed by atoms with Gasteiger partial charge in [0.2, 0.25) is 5.91 Å². The van der Waals surface area contributed by atoms with Gasteiger partial charge >= 0.3 is 35.5 Å². The summed E-state index contributed by atoms with van der Waals surface area (Å²) in [4.78, 5) is 23.3. The van der Waals surface area contributed by atoms with Crippen molar-refractivity contribution in [2.24, 2.45) is 0 Å². The summed E-state index contributed by atoms with van der Waals surface area (Å²) in [6.45, 7) is 1.92. The van der Waals surface area contributed by atoms with Crippen LogP contribution in [0.1, 0.15) is 71.1 Å². The molecular formula is C16H32N3NaO3. The minimum atomic E-state index is -1.03. The van der Waals surface area contributed by atoms with Gasteiger partial charge in [0.15, 0.2) is 5.96 Å². The van der Waals surface area contributed by atoms with Crippen LogP contribution < -0.4 is 5.32 Å². The first-order valence-corrected chi connectivity index (χ1v) is 8.28. The second-order valence-electron chi connectivity index (χ2n) is 5.73. The molecule has 0 aromatic rings. The normalized spacial score (nSPS) is 9.83. The van der Waals surface area contributed by atoms with Crippen LogP contribution in [0.2, 0.25) is 0 Å². The van der Waals surface area contributed by atoms with Crippen LogP contribution in [0.4, 0.5) is 0 Å². The zero-order valence-corrected chi connectivity index (χ0v) is 14.0. The van der Waals surface area contributed by atoms with Crippen LogP contribution >= 0.6 is 0 Å². The number of carboxylic acids is 1. The van der Waals surface area contributed by atoms with E-state index in [4.69, 9.17) is 10.5 Å². The van der Waals surface area contributed by atoms with E-state index in [1.807, 2.05) is 0 Å². The zero-order chi connectivity index (χ0) is 16.8. The molecular weight excluding hydrogens is 305 g/mol. The van der Waals surface area contributed by atoms with E-state index in [2.05, 4.69) is 12.2 Å². The third-order valence-corrected chi connectivity index (χ3v) is 3.52. The molecule has 0 aromatic carbocycles. The maximum absolute atomic E-state index is 11.6. The minimum absolute atomic E-state index is 0. The van der Waals surface area contributed by atoms with Crippen molar-refractivity contribution in [1.82, 2.24) is 10.2 Å². The molecule has 1 amide bonds. The Morgan fingerprint density at radius 1 is 1.00 bits per heavy atom. The molecule has 0 atom stereocenters. The zero-order valence-electron chi connectivity index (χ0n) is 14.0. The second-order valence-corrected chi connectivity index (χ2v) is 5.73. The van der Waals surface area contributed by atoms with Crippen molar-refractivity contribution in [3.63, 3.8) is 0 Å². The van der Waals surface area contributed by atoms with Crippen LogP contribution in [0.25, 0.3) is 0 Å². The summed E-state index contributed by atoms with van der Waals surface area (Å²) in [5, 5.41) is 18.6.